The maximum atomic E-state index is 12.6. The normalized spacial score (nSPS) is 11.8. The maximum absolute atomic E-state index is 12.6. The predicted molar refractivity (Wildman–Crippen MR) is 137 cm³/mol. The molecule has 0 aliphatic carbocycles. The third kappa shape index (κ3) is 8.13. The lowest BCUT2D eigenvalue weighted by Gasteiger charge is -2.14. The fourth-order valence-corrected chi connectivity index (χ4v) is 4.04. The molecule has 0 bridgehead atoms. The largest absolute Gasteiger partial charge is 0.486 e. The standard InChI is InChI=1S/C26H33N5O3S/c1-5-20-11-13-22(14-12-20)34-17-23-29-30-26(31(23)16-21-9-7-6-8-10-21)35-19(4)24(32)28-25(33)27-15-18(2)3/h6-14,18-19H,5,15-17H2,1-4H3,(H2,27,28,32,33). The number of carbonyl (C=O) groups is 2. The number of nitrogens with zero attached hydrogens (tertiary/aromatic N) is 3. The molecule has 3 amide bonds. The molecule has 8 nitrogen and oxygen atoms in total. The topological polar surface area (TPSA) is 98.1 Å². The van der Waals surface area contributed by atoms with Crippen molar-refractivity contribution >= 4 is 23.7 Å². The van der Waals surface area contributed by atoms with Gasteiger partial charge in [0.2, 0.25) is 5.91 Å². The molecule has 0 saturated carbocycles. The van der Waals surface area contributed by atoms with E-state index in [4.69, 9.17) is 4.74 Å². The van der Waals surface area contributed by atoms with Crippen LogP contribution in [0.1, 0.15) is 44.6 Å². The summed E-state index contributed by atoms with van der Waals surface area (Å²) in [4.78, 5) is 24.6. The second-order valence-corrected chi connectivity index (χ2v) is 9.92. The summed E-state index contributed by atoms with van der Waals surface area (Å²) in [6.45, 7) is 9.10. The van der Waals surface area contributed by atoms with Crippen LogP contribution in [0, 0.1) is 5.92 Å². The van der Waals surface area contributed by atoms with E-state index >= 15 is 0 Å². The summed E-state index contributed by atoms with van der Waals surface area (Å²) in [6.07, 6.45) is 0.970. The van der Waals surface area contributed by atoms with Crippen molar-refractivity contribution in [1.29, 1.82) is 0 Å². The summed E-state index contributed by atoms with van der Waals surface area (Å²) >= 11 is 1.25. The second-order valence-electron chi connectivity index (χ2n) is 8.61. The lowest BCUT2D eigenvalue weighted by Crippen LogP contribution is -2.43. The fourth-order valence-electron chi connectivity index (χ4n) is 3.17. The van der Waals surface area contributed by atoms with E-state index < -0.39 is 11.3 Å². The van der Waals surface area contributed by atoms with Crippen LogP contribution in [0.5, 0.6) is 5.75 Å². The first-order valence-corrected chi connectivity index (χ1v) is 12.7. The van der Waals surface area contributed by atoms with Crippen molar-refractivity contribution in [2.24, 2.45) is 5.92 Å². The first kappa shape index (κ1) is 26.3. The highest BCUT2D eigenvalue weighted by Gasteiger charge is 2.22. The molecule has 0 radical (unpaired) electrons. The number of nitrogens with one attached hydrogen (secondary N) is 2. The zero-order valence-corrected chi connectivity index (χ0v) is 21.5. The summed E-state index contributed by atoms with van der Waals surface area (Å²) in [5.41, 5.74) is 2.32. The molecule has 1 aromatic heterocycles. The number of amides is 3. The molecule has 2 aromatic carbocycles. The van der Waals surface area contributed by atoms with Gasteiger partial charge < -0.3 is 10.1 Å². The lowest BCUT2D eigenvalue weighted by atomic mass is 10.2. The number of aromatic nitrogens is 3. The fraction of sp³-hybridized carbons (Fsp3) is 0.385. The summed E-state index contributed by atoms with van der Waals surface area (Å²) in [6, 6.07) is 17.5. The number of benzene rings is 2. The van der Waals surface area contributed by atoms with Gasteiger partial charge in [-0.15, -0.1) is 10.2 Å². The van der Waals surface area contributed by atoms with Gasteiger partial charge in [-0.1, -0.05) is 75.0 Å². The Bertz CT molecular complexity index is 1100. The molecule has 35 heavy (non-hydrogen) atoms. The minimum absolute atomic E-state index is 0.240. The second kappa shape index (κ2) is 12.9. The van der Waals surface area contributed by atoms with Crippen LogP contribution in [0.3, 0.4) is 0 Å². The van der Waals surface area contributed by atoms with E-state index in [9.17, 15) is 9.59 Å². The van der Waals surface area contributed by atoms with Crippen molar-refractivity contribution in [3.63, 3.8) is 0 Å². The summed E-state index contributed by atoms with van der Waals surface area (Å²) in [7, 11) is 0. The molecule has 0 aliphatic rings. The first-order valence-electron chi connectivity index (χ1n) is 11.8. The highest BCUT2D eigenvalue weighted by Crippen LogP contribution is 2.24. The minimum Gasteiger partial charge on any atom is -0.486 e. The Morgan fingerprint density at radius 2 is 1.71 bits per heavy atom. The Morgan fingerprint density at radius 1 is 1.00 bits per heavy atom. The summed E-state index contributed by atoms with van der Waals surface area (Å²) < 4.78 is 7.92. The number of thioether (sulfide) groups is 1. The Kier molecular flexibility index (Phi) is 9.72. The van der Waals surface area contributed by atoms with Crippen molar-refractivity contribution < 1.29 is 14.3 Å². The molecule has 0 fully saturated rings. The van der Waals surface area contributed by atoms with Gasteiger partial charge in [0.05, 0.1) is 11.8 Å². The lowest BCUT2D eigenvalue weighted by molar-refractivity contribution is -0.119. The molecule has 0 spiro atoms. The van der Waals surface area contributed by atoms with Gasteiger partial charge in [-0.3, -0.25) is 14.7 Å². The van der Waals surface area contributed by atoms with E-state index in [1.54, 1.807) is 6.92 Å². The molecule has 9 heteroatoms. The zero-order valence-electron chi connectivity index (χ0n) is 20.7. The van der Waals surface area contributed by atoms with Gasteiger partial charge in [0.1, 0.15) is 12.4 Å². The smallest absolute Gasteiger partial charge is 0.321 e. The Balaban J connectivity index is 1.71. The van der Waals surface area contributed by atoms with Gasteiger partial charge in [0.15, 0.2) is 11.0 Å². The highest BCUT2D eigenvalue weighted by atomic mass is 32.2. The molecule has 2 N–H and O–H groups in total. The van der Waals surface area contributed by atoms with Crippen LogP contribution in [0.2, 0.25) is 0 Å². The quantitative estimate of drug-likeness (QED) is 0.382. The van der Waals surface area contributed by atoms with Crippen LogP contribution in [-0.2, 0) is 24.4 Å². The van der Waals surface area contributed by atoms with Crippen molar-refractivity contribution in [1.82, 2.24) is 25.4 Å². The summed E-state index contributed by atoms with van der Waals surface area (Å²) in [5, 5.41) is 13.8. The van der Waals surface area contributed by atoms with E-state index in [0.717, 1.165) is 17.7 Å². The van der Waals surface area contributed by atoms with Crippen molar-refractivity contribution in [3.05, 3.63) is 71.5 Å². The van der Waals surface area contributed by atoms with Crippen LogP contribution in [0.25, 0.3) is 0 Å². The average Bonchev–Trinajstić information content (AvgIpc) is 3.23. The van der Waals surface area contributed by atoms with Gasteiger partial charge in [0.25, 0.3) is 0 Å². The highest BCUT2D eigenvalue weighted by molar-refractivity contribution is 8.00. The molecule has 1 unspecified atom stereocenters. The first-order chi connectivity index (χ1) is 16.9. The minimum atomic E-state index is -0.547. The third-order valence-electron chi connectivity index (χ3n) is 5.24. The van der Waals surface area contributed by atoms with Crippen LogP contribution in [0.4, 0.5) is 4.79 Å². The van der Waals surface area contributed by atoms with Crippen molar-refractivity contribution in [2.75, 3.05) is 6.54 Å². The molecule has 1 heterocycles. The van der Waals surface area contributed by atoms with E-state index in [0.29, 0.717) is 30.0 Å². The number of hydrogen-bond donors (Lipinski definition) is 2. The predicted octanol–water partition coefficient (Wildman–Crippen LogP) is 4.43. The molecule has 1 atom stereocenters. The van der Waals surface area contributed by atoms with Gasteiger partial charge in [-0.2, -0.15) is 0 Å². The third-order valence-corrected chi connectivity index (χ3v) is 6.32. The van der Waals surface area contributed by atoms with Crippen molar-refractivity contribution in [2.45, 2.75) is 57.7 Å². The van der Waals surface area contributed by atoms with Gasteiger partial charge in [-0.05, 0) is 42.5 Å². The Morgan fingerprint density at radius 3 is 2.37 bits per heavy atom. The van der Waals surface area contributed by atoms with E-state index in [1.165, 1.54) is 17.3 Å². The maximum Gasteiger partial charge on any atom is 0.321 e. The van der Waals surface area contributed by atoms with E-state index in [-0.39, 0.29) is 12.5 Å². The number of rotatable bonds is 11. The number of imide groups is 1. The Labute approximate surface area is 210 Å². The summed E-state index contributed by atoms with van der Waals surface area (Å²) in [5.74, 6) is 1.31. The molecule has 3 aromatic rings. The molecular weight excluding hydrogens is 462 g/mol. The van der Waals surface area contributed by atoms with Crippen LogP contribution >= 0.6 is 11.8 Å². The molecule has 186 valence electrons. The number of hydrogen-bond acceptors (Lipinski definition) is 6. The van der Waals surface area contributed by atoms with Crippen LogP contribution < -0.4 is 15.4 Å². The van der Waals surface area contributed by atoms with Crippen molar-refractivity contribution in [3.8, 4) is 5.75 Å². The van der Waals surface area contributed by atoms with Gasteiger partial charge in [0, 0.05) is 6.54 Å². The monoisotopic (exact) mass is 495 g/mol. The SMILES string of the molecule is CCc1ccc(OCc2nnc(SC(C)C(=O)NC(=O)NCC(C)C)n2Cc2ccccc2)cc1. The van der Waals surface area contributed by atoms with Crippen LogP contribution in [0.15, 0.2) is 59.8 Å². The Hall–Kier alpha value is -3.33. The molecule has 0 saturated heterocycles. The molecule has 0 aliphatic heterocycles. The number of ether oxygens (including phenoxy) is 1. The average molecular weight is 496 g/mol. The van der Waals surface area contributed by atoms with Gasteiger partial charge >= 0.3 is 6.03 Å². The number of urea groups is 1. The zero-order chi connectivity index (χ0) is 25.2. The van der Waals surface area contributed by atoms with Gasteiger partial charge in [-0.25, -0.2) is 4.79 Å². The van der Waals surface area contributed by atoms with Crippen LogP contribution in [-0.4, -0.2) is 38.5 Å². The van der Waals surface area contributed by atoms with E-state index in [1.807, 2.05) is 73.0 Å². The molecule has 3 rings (SSSR count). The molecular formula is C26H33N5O3S. The number of carbonyl (C=O) groups excluding carboxylic acids is 2. The number of aryl methyl sites for hydroxylation is 1. The van der Waals surface area contributed by atoms with E-state index in [2.05, 4.69) is 27.8 Å².